The summed E-state index contributed by atoms with van der Waals surface area (Å²) in [6.07, 6.45) is 13.1. The number of carbonyl (C=O) groups excluding carboxylic acids is 1. The van der Waals surface area contributed by atoms with Crippen molar-refractivity contribution in [3.63, 3.8) is 0 Å². The molecule has 0 aliphatic rings. The van der Waals surface area contributed by atoms with E-state index < -0.39 is 0 Å². The number of hydrogen-bond acceptors (Lipinski definition) is 1. The first-order chi connectivity index (χ1) is 8.81. The molecule has 0 unspecified atom stereocenters. The fourth-order valence-electron chi connectivity index (χ4n) is 1.90. The van der Waals surface area contributed by atoms with E-state index >= 15 is 0 Å². The molecule has 0 saturated heterocycles. The first kappa shape index (κ1) is 17.5. The number of unbranched alkanes of at least 4 members (excludes halogenated alkanes) is 9. The van der Waals surface area contributed by atoms with Crippen LogP contribution in [0.4, 0.5) is 0 Å². The van der Waals surface area contributed by atoms with E-state index in [1.54, 1.807) is 0 Å². The van der Waals surface area contributed by atoms with Crippen LogP contribution in [0.1, 0.15) is 71.1 Å². The Morgan fingerprint density at radius 1 is 0.944 bits per heavy atom. The number of rotatable bonds is 11. The normalized spacial score (nSPS) is 9.67. The summed E-state index contributed by atoms with van der Waals surface area (Å²) in [5.74, 6) is 2.21. The third-order valence-corrected chi connectivity index (χ3v) is 3.17. The maximum atomic E-state index is 11.0. The van der Waals surface area contributed by atoms with E-state index in [2.05, 4.69) is 38.9 Å². The van der Waals surface area contributed by atoms with Crippen LogP contribution in [-0.2, 0) is 4.79 Å². The zero-order valence-electron chi connectivity index (χ0n) is 11.6. The van der Waals surface area contributed by atoms with Crippen molar-refractivity contribution in [1.82, 2.24) is 5.32 Å². The van der Waals surface area contributed by atoms with E-state index in [0.717, 1.165) is 13.0 Å². The van der Waals surface area contributed by atoms with Crippen molar-refractivity contribution in [2.75, 3.05) is 6.54 Å². The van der Waals surface area contributed by atoms with Gasteiger partial charge < -0.3 is 5.32 Å². The highest BCUT2D eigenvalue weighted by Gasteiger charge is 1.95. The lowest BCUT2D eigenvalue weighted by Crippen LogP contribution is -2.22. The van der Waals surface area contributed by atoms with Gasteiger partial charge in [0, 0.05) is 28.4 Å². The van der Waals surface area contributed by atoms with Gasteiger partial charge in [0.25, 0.3) is 5.91 Å². The van der Waals surface area contributed by atoms with Crippen LogP contribution >= 0.6 is 15.9 Å². The molecule has 2 nitrogen and oxygen atoms in total. The number of carbonyl (C=O) groups is 1. The van der Waals surface area contributed by atoms with Gasteiger partial charge in [-0.2, -0.15) is 0 Å². The molecule has 0 saturated carbocycles. The van der Waals surface area contributed by atoms with Gasteiger partial charge in [-0.1, -0.05) is 64.7 Å². The zero-order chi connectivity index (χ0) is 13.5. The molecule has 0 aliphatic carbocycles. The Morgan fingerprint density at radius 3 is 1.94 bits per heavy atom. The summed E-state index contributed by atoms with van der Waals surface area (Å²) in [6.45, 7) is 3.00. The van der Waals surface area contributed by atoms with Crippen LogP contribution in [-0.4, -0.2) is 12.5 Å². The first-order valence-electron chi connectivity index (χ1n) is 7.20. The Morgan fingerprint density at radius 2 is 1.44 bits per heavy atom. The smallest absolute Gasteiger partial charge is 0.296 e. The van der Waals surface area contributed by atoms with E-state index in [1.165, 1.54) is 57.8 Å². The lowest BCUT2D eigenvalue weighted by atomic mass is 10.1. The standard InChI is InChI=1S/C15H26BrNO/c1-2-3-4-5-6-7-8-9-10-11-14-17-15(18)12-13-16/h2-11,14H2,1H3,(H,17,18). The highest BCUT2D eigenvalue weighted by molar-refractivity contribution is 9.12. The lowest BCUT2D eigenvalue weighted by molar-refractivity contribution is -0.115. The second-order valence-electron chi connectivity index (χ2n) is 4.66. The highest BCUT2D eigenvalue weighted by Crippen LogP contribution is 2.10. The zero-order valence-corrected chi connectivity index (χ0v) is 13.2. The predicted molar refractivity (Wildman–Crippen MR) is 81.6 cm³/mol. The molecular formula is C15H26BrNO. The molecule has 0 fully saturated rings. The number of hydrogen-bond donors (Lipinski definition) is 1. The average Bonchev–Trinajstić information content (AvgIpc) is 2.36. The molecule has 0 rings (SSSR count). The fraction of sp³-hybridized carbons (Fsp3) is 0.800. The second kappa shape index (κ2) is 14.6. The minimum Gasteiger partial charge on any atom is -0.345 e. The van der Waals surface area contributed by atoms with Crippen LogP contribution in [0.2, 0.25) is 0 Å². The van der Waals surface area contributed by atoms with Gasteiger partial charge in [0.1, 0.15) is 0 Å². The van der Waals surface area contributed by atoms with Gasteiger partial charge in [-0.25, -0.2) is 0 Å². The van der Waals surface area contributed by atoms with Gasteiger partial charge in [0.05, 0.1) is 0 Å². The molecule has 0 spiro atoms. The highest BCUT2D eigenvalue weighted by atomic mass is 79.9. The van der Waals surface area contributed by atoms with Crippen molar-refractivity contribution in [2.45, 2.75) is 71.1 Å². The van der Waals surface area contributed by atoms with Crippen molar-refractivity contribution in [2.24, 2.45) is 0 Å². The summed E-state index contributed by atoms with van der Waals surface area (Å²) in [5, 5.41) is 2.77. The minimum atomic E-state index is -0.192. The third-order valence-electron chi connectivity index (χ3n) is 2.98. The third kappa shape index (κ3) is 13.6. The van der Waals surface area contributed by atoms with Gasteiger partial charge in [0.15, 0.2) is 0 Å². The summed E-state index contributed by atoms with van der Waals surface area (Å²) in [7, 11) is 0. The molecule has 0 aromatic rings. The van der Waals surface area contributed by atoms with E-state index in [4.69, 9.17) is 0 Å². The molecule has 0 bridgehead atoms. The van der Waals surface area contributed by atoms with E-state index in [-0.39, 0.29) is 5.91 Å². The molecule has 3 heteroatoms. The number of halogens is 1. The summed E-state index contributed by atoms with van der Waals surface area (Å²) in [5.41, 5.74) is 0. The van der Waals surface area contributed by atoms with Crippen molar-refractivity contribution >= 4 is 21.8 Å². The van der Waals surface area contributed by atoms with Crippen LogP contribution in [0.3, 0.4) is 0 Å². The summed E-state index contributed by atoms with van der Waals surface area (Å²) in [4.78, 5) is 13.4. The first-order valence-corrected chi connectivity index (χ1v) is 8.00. The van der Waals surface area contributed by atoms with E-state index in [9.17, 15) is 4.79 Å². The van der Waals surface area contributed by atoms with E-state index in [1.807, 2.05) is 0 Å². The van der Waals surface area contributed by atoms with Crippen molar-refractivity contribution < 1.29 is 4.79 Å². The van der Waals surface area contributed by atoms with Gasteiger partial charge in [0.2, 0.25) is 0 Å². The largest absolute Gasteiger partial charge is 0.345 e. The van der Waals surface area contributed by atoms with Gasteiger partial charge >= 0.3 is 0 Å². The Hall–Kier alpha value is -0.490. The Balaban J connectivity index is 3.07. The Bertz CT molecular complexity index is 255. The van der Waals surface area contributed by atoms with Gasteiger partial charge in [-0.3, -0.25) is 4.79 Å². The van der Waals surface area contributed by atoms with E-state index in [0.29, 0.717) is 0 Å². The predicted octanol–water partition coefficient (Wildman–Crippen LogP) is 4.38. The Kier molecular flexibility index (Phi) is 14.2. The molecule has 1 N–H and O–H groups in total. The summed E-state index contributed by atoms with van der Waals surface area (Å²) < 4.78 is 0. The Labute approximate surface area is 120 Å². The van der Waals surface area contributed by atoms with Crippen LogP contribution in [0, 0.1) is 10.8 Å². The molecule has 0 aliphatic heterocycles. The molecule has 0 heterocycles. The molecule has 18 heavy (non-hydrogen) atoms. The van der Waals surface area contributed by atoms with Gasteiger partial charge in [-0.15, -0.1) is 0 Å². The maximum Gasteiger partial charge on any atom is 0.296 e. The maximum absolute atomic E-state index is 11.0. The van der Waals surface area contributed by atoms with Crippen molar-refractivity contribution in [3.8, 4) is 10.8 Å². The van der Waals surface area contributed by atoms with Crippen LogP contribution in [0.5, 0.6) is 0 Å². The molecule has 0 atom stereocenters. The monoisotopic (exact) mass is 315 g/mol. The molecule has 1 amide bonds. The van der Waals surface area contributed by atoms with Crippen molar-refractivity contribution in [1.29, 1.82) is 0 Å². The topological polar surface area (TPSA) is 29.1 Å². The molecule has 0 radical (unpaired) electrons. The van der Waals surface area contributed by atoms with Crippen molar-refractivity contribution in [3.05, 3.63) is 0 Å². The lowest BCUT2D eigenvalue weighted by Gasteiger charge is -2.02. The number of amides is 1. The van der Waals surface area contributed by atoms with Crippen LogP contribution in [0.25, 0.3) is 0 Å². The fourth-order valence-corrected chi connectivity index (χ4v) is 2.08. The summed E-state index contributed by atoms with van der Waals surface area (Å²) in [6, 6.07) is 0. The van der Waals surface area contributed by atoms with Crippen LogP contribution in [0.15, 0.2) is 0 Å². The quantitative estimate of drug-likeness (QED) is 0.445. The molecule has 0 aromatic heterocycles. The van der Waals surface area contributed by atoms with Gasteiger partial charge in [-0.05, 0) is 11.3 Å². The molecule has 104 valence electrons. The van der Waals surface area contributed by atoms with Crippen LogP contribution < -0.4 is 5.32 Å². The molecular weight excluding hydrogens is 290 g/mol. The SMILES string of the molecule is CCCCCCCCCCCCNC(=O)C#CBr. The molecule has 0 aromatic carbocycles. The minimum absolute atomic E-state index is 0.192. The summed E-state index contributed by atoms with van der Waals surface area (Å²) >= 11 is 2.90. The second-order valence-corrected chi connectivity index (χ2v) is 5.05. The number of nitrogens with one attached hydrogen (secondary N) is 1. The average molecular weight is 316 g/mol.